The summed E-state index contributed by atoms with van der Waals surface area (Å²) in [5.41, 5.74) is 3.40. The van der Waals surface area contributed by atoms with E-state index in [4.69, 9.17) is 4.74 Å². The van der Waals surface area contributed by atoms with Gasteiger partial charge in [-0.3, -0.25) is 14.6 Å². The summed E-state index contributed by atoms with van der Waals surface area (Å²) in [6.45, 7) is 2.92. The molecule has 31 heavy (non-hydrogen) atoms. The predicted molar refractivity (Wildman–Crippen MR) is 122 cm³/mol. The van der Waals surface area contributed by atoms with E-state index >= 15 is 0 Å². The molecular weight excluding hydrogens is 410 g/mol. The molecule has 0 aliphatic carbocycles. The minimum Gasteiger partial charge on any atom is -0.385 e. The Morgan fingerprint density at radius 2 is 2.06 bits per heavy atom. The highest BCUT2D eigenvalue weighted by Gasteiger charge is 2.29. The van der Waals surface area contributed by atoms with E-state index in [1.165, 1.54) is 0 Å². The van der Waals surface area contributed by atoms with Gasteiger partial charge < -0.3 is 14.6 Å². The van der Waals surface area contributed by atoms with Crippen LogP contribution in [0.1, 0.15) is 39.1 Å². The Labute approximate surface area is 185 Å². The molecule has 1 aliphatic rings. The largest absolute Gasteiger partial charge is 0.385 e. The van der Waals surface area contributed by atoms with Crippen LogP contribution in [0.2, 0.25) is 0 Å². The van der Waals surface area contributed by atoms with Gasteiger partial charge in [0.2, 0.25) is 0 Å². The summed E-state index contributed by atoms with van der Waals surface area (Å²) in [6.07, 6.45) is 2.99. The number of aromatic nitrogens is 2. The van der Waals surface area contributed by atoms with E-state index in [0.29, 0.717) is 26.0 Å². The lowest BCUT2D eigenvalue weighted by Crippen LogP contribution is -2.33. The lowest BCUT2D eigenvalue weighted by Gasteiger charge is -2.20. The van der Waals surface area contributed by atoms with Crippen LogP contribution >= 0.6 is 11.8 Å². The molecule has 0 fully saturated rings. The van der Waals surface area contributed by atoms with Crippen molar-refractivity contribution in [2.24, 2.45) is 0 Å². The van der Waals surface area contributed by atoms with Crippen molar-refractivity contribution in [2.45, 2.75) is 29.9 Å². The molecule has 1 N–H and O–H groups in total. The van der Waals surface area contributed by atoms with Gasteiger partial charge in [-0.1, -0.05) is 18.2 Å². The molecule has 3 heterocycles. The number of carbonyl (C=O) groups excluding carboxylic acids is 1. The predicted octanol–water partition coefficient (Wildman–Crippen LogP) is 3.70. The van der Waals surface area contributed by atoms with Crippen LogP contribution in [-0.4, -0.2) is 35.7 Å². The number of pyridine rings is 2. The van der Waals surface area contributed by atoms with Gasteiger partial charge in [-0.05, 0) is 37.6 Å². The maximum atomic E-state index is 13.1. The molecule has 2 aromatic heterocycles. The van der Waals surface area contributed by atoms with Crippen LogP contribution in [0.5, 0.6) is 0 Å². The van der Waals surface area contributed by atoms with Crippen molar-refractivity contribution in [3.63, 3.8) is 0 Å². The zero-order chi connectivity index (χ0) is 21.8. The fourth-order valence-corrected chi connectivity index (χ4v) is 5.16. The Morgan fingerprint density at radius 1 is 1.26 bits per heavy atom. The summed E-state index contributed by atoms with van der Waals surface area (Å²) in [5.74, 6) is -0.339. The summed E-state index contributed by atoms with van der Waals surface area (Å²) in [5, 5.41) is 2.87. The van der Waals surface area contributed by atoms with Gasteiger partial charge in [-0.15, -0.1) is 11.8 Å². The number of nitrogens with one attached hydrogen (secondary N) is 1. The third kappa shape index (κ3) is 4.43. The zero-order valence-corrected chi connectivity index (χ0v) is 18.4. The van der Waals surface area contributed by atoms with Gasteiger partial charge >= 0.3 is 0 Å². The van der Waals surface area contributed by atoms with E-state index in [0.717, 1.165) is 27.7 Å². The van der Waals surface area contributed by atoms with Crippen molar-refractivity contribution in [3.8, 4) is 5.69 Å². The van der Waals surface area contributed by atoms with Crippen molar-refractivity contribution in [1.82, 2.24) is 14.9 Å². The van der Waals surface area contributed by atoms with Gasteiger partial charge in [0, 0.05) is 55.2 Å². The molecule has 7 heteroatoms. The molecule has 0 bridgehead atoms. The van der Waals surface area contributed by atoms with E-state index in [2.05, 4.69) is 20.9 Å². The van der Waals surface area contributed by atoms with Crippen LogP contribution in [0.25, 0.3) is 5.69 Å². The Bertz CT molecular complexity index is 1140. The minimum absolute atomic E-state index is 0.0164. The lowest BCUT2D eigenvalue weighted by atomic mass is 10.0. The number of ether oxygens (including phenoxy) is 1. The van der Waals surface area contributed by atoms with Crippen LogP contribution in [0.4, 0.5) is 0 Å². The van der Waals surface area contributed by atoms with Crippen molar-refractivity contribution in [2.75, 3.05) is 20.3 Å². The normalized spacial score (nSPS) is 15.0. The smallest absolute Gasteiger partial charge is 0.257 e. The number of amides is 1. The molecule has 1 amide bonds. The van der Waals surface area contributed by atoms with Crippen molar-refractivity contribution < 1.29 is 9.53 Å². The lowest BCUT2D eigenvalue weighted by molar-refractivity contribution is 0.0945. The topological polar surface area (TPSA) is 73.2 Å². The molecule has 3 aromatic rings. The van der Waals surface area contributed by atoms with Gasteiger partial charge in [0.15, 0.2) is 5.43 Å². The summed E-state index contributed by atoms with van der Waals surface area (Å²) < 4.78 is 7.10. The highest BCUT2D eigenvalue weighted by molar-refractivity contribution is 7.99. The molecule has 0 spiro atoms. The Hall–Kier alpha value is -2.90. The van der Waals surface area contributed by atoms with E-state index in [9.17, 15) is 9.59 Å². The molecule has 4 rings (SSSR count). The number of para-hydroxylation sites is 1. The summed E-state index contributed by atoms with van der Waals surface area (Å²) >= 11 is 1.71. The van der Waals surface area contributed by atoms with Gasteiger partial charge in [0.25, 0.3) is 5.91 Å². The number of aryl methyl sites for hydroxylation is 1. The number of methoxy groups -OCH3 is 1. The third-order valence-corrected chi connectivity index (χ3v) is 6.60. The summed E-state index contributed by atoms with van der Waals surface area (Å²) in [7, 11) is 1.63. The fraction of sp³-hybridized carbons (Fsp3) is 0.292. The first kappa shape index (κ1) is 21.3. The average Bonchev–Trinajstić information content (AvgIpc) is 2.94. The Kier molecular flexibility index (Phi) is 6.53. The van der Waals surface area contributed by atoms with E-state index in [-0.39, 0.29) is 22.1 Å². The molecule has 0 saturated carbocycles. The molecule has 1 unspecified atom stereocenters. The molecule has 160 valence electrons. The minimum atomic E-state index is -0.339. The first-order chi connectivity index (χ1) is 15.1. The van der Waals surface area contributed by atoms with Crippen LogP contribution in [0.3, 0.4) is 0 Å². The molecule has 6 nitrogen and oxygen atoms in total. The van der Waals surface area contributed by atoms with Crippen LogP contribution in [0, 0.1) is 6.92 Å². The van der Waals surface area contributed by atoms with Crippen molar-refractivity contribution in [1.29, 1.82) is 0 Å². The van der Waals surface area contributed by atoms with E-state index in [1.807, 2.05) is 43.3 Å². The number of carbonyl (C=O) groups is 1. The zero-order valence-electron chi connectivity index (χ0n) is 17.6. The van der Waals surface area contributed by atoms with Crippen LogP contribution in [-0.2, 0) is 11.2 Å². The second-order valence-electron chi connectivity index (χ2n) is 7.44. The quantitative estimate of drug-likeness (QED) is 0.598. The number of benzene rings is 1. The highest BCUT2D eigenvalue weighted by Crippen LogP contribution is 2.43. The number of nitrogens with zero attached hydrogens (tertiary/aromatic N) is 2. The summed E-state index contributed by atoms with van der Waals surface area (Å²) in [4.78, 5) is 31.7. The molecule has 0 saturated heterocycles. The molecule has 1 aromatic carbocycles. The maximum absolute atomic E-state index is 13.1. The second kappa shape index (κ2) is 9.49. The number of hydrogen-bond acceptors (Lipinski definition) is 5. The average molecular weight is 436 g/mol. The van der Waals surface area contributed by atoms with Gasteiger partial charge in [-0.25, -0.2) is 0 Å². The van der Waals surface area contributed by atoms with Crippen molar-refractivity contribution in [3.05, 3.63) is 87.6 Å². The maximum Gasteiger partial charge on any atom is 0.257 e. The third-order valence-electron chi connectivity index (χ3n) is 5.31. The molecule has 1 aliphatic heterocycles. The first-order valence-electron chi connectivity index (χ1n) is 10.3. The fourth-order valence-electron chi connectivity index (χ4n) is 3.92. The van der Waals surface area contributed by atoms with Crippen LogP contribution < -0.4 is 10.7 Å². The van der Waals surface area contributed by atoms with Crippen LogP contribution in [0.15, 0.2) is 64.4 Å². The standard InChI is InChI=1S/C24H25N3O3S/c1-16-14-20(28)23(24(29)26-12-7-13-30-2)19-15-22(17-8-5-6-11-25-17)31-21-10-4-3-9-18(21)27(16)19/h3-6,8-11,14,22H,7,12-13,15H2,1-2H3,(H,26,29). The van der Waals surface area contributed by atoms with E-state index < -0.39 is 0 Å². The van der Waals surface area contributed by atoms with E-state index in [1.54, 1.807) is 31.1 Å². The monoisotopic (exact) mass is 435 g/mol. The Balaban J connectivity index is 1.85. The molecule has 0 radical (unpaired) electrons. The first-order valence-corrected chi connectivity index (χ1v) is 11.2. The number of fused-ring (bicyclic) bond motifs is 3. The number of thioether (sulfide) groups is 1. The molecule has 1 atom stereocenters. The summed E-state index contributed by atoms with van der Waals surface area (Å²) in [6, 6.07) is 15.5. The van der Waals surface area contributed by atoms with Crippen molar-refractivity contribution >= 4 is 17.7 Å². The van der Waals surface area contributed by atoms with Gasteiger partial charge in [0.05, 0.1) is 16.6 Å². The van der Waals surface area contributed by atoms with Gasteiger partial charge in [0.1, 0.15) is 5.56 Å². The highest BCUT2D eigenvalue weighted by atomic mass is 32.2. The molecular formula is C24H25N3O3S. The second-order valence-corrected chi connectivity index (χ2v) is 8.69. The SMILES string of the molecule is COCCCNC(=O)c1c2n(c(C)cc1=O)-c1ccccc1SC(c1ccccn1)C2. The number of rotatable bonds is 6. The van der Waals surface area contributed by atoms with Gasteiger partial charge in [-0.2, -0.15) is 0 Å². The number of hydrogen-bond donors (Lipinski definition) is 1. The Morgan fingerprint density at radius 3 is 2.84 bits per heavy atom.